The topological polar surface area (TPSA) is 78.4 Å². The number of amides is 2. The monoisotopic (exact) mass is 242 g/mol. The molecule has 2 amide bonds. The van der Waals surface area contributed by atoms with Crippen molar-refractivity contribution in [1.82, 2.24) is 10.6 Å². The van der Waals surface area contributed by atoms with Crippen LogP contribution >= 0.6 is 0 Å². The second kappa shape index (κ2) is 6.47. The highest BCUT2D eigenvalue weighted by molar-refractivity contribution is 5.82. The molecule has 0 aromatic carbocycles. The average molecular weight is 242 g/mol. The number of hydrogen-bond donors (Lipinski definition) is 3. The third kappa shape index (κ3) is 4.63. The van der Waals surface area contributed by atoms with E-state index >= 15 is 0 Å². The van der Waals surface area contributed by atoms with Gasteiger partial charge in [0, 0.05) is 6.04 Å². The summed E-state index contributed by atoms with van der Waals surface area (Å²) >= 11 is 0. The van der Waals surface area contributed by atoms with E-state index in [2.05, 4.69) is 17.6 Å². The van der Waals surface area contributed by atoms with Gasteiger partial charge in [-0.25, -0.2) is 9.59 Å². The lowest BCUT2D eigenvalue weighted by Crippen LogP contribution is -2.46. The molecule has 98 valence electrons. The summed E-state index contributed by atoms with van der Waals surface area (Å²) < 4.78 is 0. The molecule has 1 rings (SSSR count). The fourth-order valence-electron chi connectivity index (χ4n) is 1.91. The molecule has 0 saturated heterocycles. The number of hydrogen-bond acceptors (Lipinski definition) is 2. The first kappa shape index (κ1) is 13.8. The van der Waals surface area contributed by atoms with Crippen LogP contribution in [0.2, 0.25) is 0 Å². The molecule has 5 heteroatoms. The first-order chi connectivity index (χ1) is 8.08. The van der Waals surface area contributed by atoms with Gasteiger partial charge >= 0.3 is 12.0 Å². The minimum absolute atomic E-state index is 0.237. The Bertz CT molecular complexity index is 281. The minimum atomic E-state index is -0.962. The number of carboxylic acids is 1. The molecule has 3 unspecified atom stereocenters. The van der Waals surface area contributed by atoms with E-state index in [4.69, 9.17) is 5.11 Å². The van der Waals surface area contributed by atoms with Crippen LogP contribution in [0.4, 0.5) is 4.79 Å². The van der Waals surface area contributed by atoms with E-state index in [0.29, 0.717) is 12.3 Å². The Morgan fingerprint density at radius 3 is 2.59 bits per heavy atom. The molecule has 0 spiro atoms. The van der Waals surface area contributed by atoms with Crippen molar-refractivity contribution in [2.45, 2.75) is 58.0 Å². The average Bonchev–Trinajstić information content (AvgIpc) is 3.02. The van der Waals surface area contributed by atoms with Gasteiger partial charge in [-0.3, -0.25) is 0 Å². The Morgan fingerprint density at radius 1 is 1.41 bits per heavy atom. The van der Waals surface area contributed by atoms with Gasteiger partial charge in [-0.15, -0.1) is 0 Å². The summed E-state index contributed by atoms with van der Waals surface area (Å²) in [5.41, 5.74) is 0. The van der Waals surface area contributed by atoms with E-state index in [0.717, 1.165) is 25.7 Å². The van der Waals surface area contributed by atoms with Crippen molar-refractivity contribution >= 4 is 12.0 Å². The molecule has 0 heterocycles. The summed E-state index contributed by atoms with van der Waals surface area (Å²) in [5.74, 6) is -0.392. The van der Waals surface area contributed by atoms with E-state index in [9.17, 15) is 9.59 Å². The number of carbonyl (C=O) groups excluding carboxylic acids is 1. The molecule has 17 heavy (non-hydrogen) atoms. The third-order valence-corrected chi connectivity index (χ3v) is 3.21. The van der Waals surface area contributed by atoms with Crippen molar-refractivity contribution in [3.63, 3.8) is 0 Å². The number of nitrogens with one attached hydrogen (secondary N) is 2. The van der Waals surface area contributed by atoms with Crippen molar-refractivity contribution in [2.24, 2.45) is 5.92 Å². The maximum atomic E-state index is 11.5. The number of rotatable bonds is 7. The molecule has 0 aliphatic heterocycles. The predicted octanol–water partition coefficient (Wildman–Crippen LogP) is 1.73. The molecular weight excluding hydrogens is 220 g/mol. The summed E-state index contributed by atoms with van der Waals surface area (Å²) in [7, 11) is 0. The van der Waals surface area contributed by atoms with Gasteiger partial charge in [0.2, 0.25) is 0 Å². The van der Waals surface area contributed by atoms with Crippen molar-refractivity contribution in [1.29, 1.82) is 0 Å². The first-order valence-electron chi connectivity index (χ1n) is 6.38. The number of unbranched alkanes of at least 4 members (excludes halogenated alkanes) is 1. The molecule has 3 atom stereocenters. The van der Waals surface area contributed by atoms with Gasteiger partial charge in [-0.2, -0.15) is 0 Å². The SMILES string of the molecule is CCCCC(NC(=O)NC1CC1CC)C(=O)O. The van der Waals surface area contributed by atoms with Crippen molar-refractivity contribution < 1.29 is 14.7 Å². The minimum Gasteiger partial charge on any atom is -0.480 e. The largest absolute Gasteiger partial charge is 0.480 e. The van der Waals surface area contributed by atoms with Crippen molar-refractivity contribution in [3.05, 3.63) is 0 Å². The van der Waals surface area contributed by atoms with Crippen molar-refractivity contribution in [2.75, 3.05) is 0 Å². The summed E-state index contributed by atoms with van der Waals surface area (Å²) in [5, 5.41) is 14.3. The lowest BCUT2D eigenvalue weighted by molar-refractivity contribution is -0.139. The smallest absolute Gasteiger partial charge is 0.326 e. The molecule has 1 aliphatic rings. The maximum absolute atomic E-state index is 11.5. The molecule has 0 bridgehead atoms. The molecule has 1 saturated carbocycles. The predicted molar refractivity (Wildman–Crippen MR) is 64.8 cm³/mol. The van der Waals surface area contributed by atoms with Crippen LogP contribution in [0, 0.1) is 5.92 Å². The second-order valence-electron chi connectivity index (χ2n) is 4.66. The third-order valence-electron chi connectivity index (χ3n) is 3.21. The van der Waals surface area contributed by atoms with Crippen LogP contribution in [0.5, 0.6) is 0 Å². The summed E-state index contributed by atoms with van der Waals surface area (Å²) in [6.07, 6.45) is 4.28. The van der Waals surface area contributed by atoms with Crippen LogP contribution in [0.1, 0.15) is 46.0 Å². The summed E-state index contributed by atoms with van der Waals surface area (Å²) in [6.45, 7) is 4.08. The van der Waals surface area contributed by atoms with Gasteiger partial charge < -0.3 is 15.7 Å². The molecule has 0 radical (unpaired) electrons. The Kier molecular flexibility index (Phi) is 5.25. The number of urea groups is 1. The van der Waals surface area contributed by atoms with Gasteiger partial charge in [-0.1, -0.05) is 33.1 Å². The highest BCUT2D eigenvalue weighted by atomic mass is 16.4. The summed E-state index contributed by atoms with van der Waals surface area (Å²) in [4.78, 5) is 22.5. The molecule has 5 nitrogen and oxygen atoms in total. The van der Waals surface area contributed by atoms with E-state index < -0.39 is 12.0 Å². The van der Waals surface area contributed by atoms with Gasteiger partial charge in [0.1, 0.15) is 6.04 Å². The van der Waals surface area contributed by atoms with Crippen LogP contribution in [-0.2, 0) is 4.79 Å². The van der Waals surface area contributed by atoms with Gasteiger partial charge in [0.05, 0.1) is 0 Å². The fourth-order valence-corrected chi connectivity index (χ4v) is 1.91. The maximum Gasteiger partial charge on any atom is 0.326 e. The van der Waals surface area contributed by atoms with E-state index in [1.807, 2.05) is 6.92 Å². The quantitative estimate of drug-likeness (QED) is 0.636. The van der Waals surface area contributed by atoms with Crippen LogP contribution in [0.15, 0.2) is 0 Å². The number of carbonyl (C=O) groups is 2. The Morgan fingerprint density at radius 2 is 2.12 bits per heavy atom. The number of carboxylic acid groups (broad SMARTS) is 1. The van der Waals surface area contributed by atoms with Crippen LogP contribution in [0.3, 0.4) is 0 Å². The fraction of sp³-hybridized carbons (Fsp3) is 0.833. The molecule has 1 aliphatic carbocycles. The Labute approximate surface area is 102 Å². The zero-order valence-electron chi connectivity index (χ0n) is 10.5. The first-order valence-corrected chi connectivity index (χ1v) is 6.38. The molecule has 1 fully saturated rings. The summed E-state index contributed by atoms with van der Waals surface area (Å²) in [6, 6.07) is -0.885. The molecule has 0 aromatic heterocycles. The Hall–Kier alpha value is -1.26. The second-order valence-corrected chi connectivity index (χ2v) is 4.66. The van der Waals surface area contributed by atoms with Gasteiger partial charge in [0.15, 0.2) is 0 Å². The van der Waals surface area contributed by atoms with Gasteiger partial charge in [-0.05, 0) is 18.8 Å². The molecule has 3 N–H and O–H groups in total. The van der Waals surface area contributed by atoms with E-state index in [1.54, 1.807) is 0 Å². The normalized spacial score (nSPS) is 23.9. The standard InChI is InChI=1S/C12H22N2O3/c1-3-5-6-9(11(15)16)13-12(17)14-10-7-8(10)4-2/h8-10H,3-7H2,1-2H3,(H,15,16)(H2,13,14,17). The zero-order chi connectivity index (χ0) is 12.8. The lowest BCUT2D eigenvalue weighted by atomic mass is 10.1. The van der Waals surface area contributed by atoms with Crippen LogP contribution in [-0.4, -0.2) is 29.2 Å². The highest BCUT2D eigenvalue weighted by Crippen LogP contribution is 2.32. The molecule has 0 aromatic rings. The van der Waals surface area contributed by atoms with Crippen LogP contribution < -0.4 is 10.6 Å². The van der Waals surface area contributed by atoms with Crippen LogP contribution in [0.25, 0.3) is 0 Å². The lowest BCUT2D eigenvalue weighted by Gasteiger charge is -2.14. The Balaban J connectivity index is 2.28. The highest BCUT2D eigenvalue weighted by Gasteiger charge is 2.36. The van der Waals surface area contributed by atoms with Crippen molar-refractivity contribution in [3.8, 4) is 0 Å². The molecular formula is C12H22N2O3. The zero-order valence-corrected chi connectivity index (χ0v) is 10.5. The van der Waals surface area contributed by atoms with E-state index in [1.165, 1.54) is 0 Å². The van der Waals surface area contributed by atoms with E-state index in [-0.39, 0.29) is 12.1 Å². The number of aliphatic carboxylic acids is 1. The van der Waals surface area contributed by atoms with Gasteiger partial charge in [0.25, 0.3) is 0 Å².